The number of aryl methyl sites for hydroxylation is 2. The van der Waals surface area contributed by atoms with E-state index in [4.69, 9.17) is 10.5 Å². The van der Waals surface area contributed by atoms with Crippen molar-refractivity contribution in [3.8, 4) is 0 Å². The van der Waals surface area contributed by atoms with Crippen LogP contribution in [0.4, 0.5) is 5.69 Å². The molecular formula is C14H17N3O2. The second-order valence-electron chi connectivity index (χ2n) is 4.38. The third kappa shape index (κ3) is 3.13. The van der Waals surface area contributed by atoms with Crippen LogP contribution in [0.1, 0.15) is 21.7 Å². The number of hydrogen-bond donors (Lipinski definition) is 1. The third-order valence-electron chi connectivity index (χ3n) is 2.97. The largest absolute Gasteiger partial charge is 0.460 e. The number of esters is 1. The fourth-order valence-electron chi connectivity index (χ4n) is 1.81. The molecule has 2 rings (SSSR count). The van der Waals surface area contributed by atoms with E-state index in [1.165, 1.54) is 0 Å². The van der Waals surface area contributed by atoms with Gasteiger partial charge in [0.1, 0.15) is 12.4 Å². The molecule has 2 aromatic rings. The number of benzene rings is 1. The first-order valence-electron chi connectivity index (χ1n) is 6.09. The highest BCUT2D eigenvalue weighted by atomic mass is 16.5. The number of ether oxygens (including phenoxy) is 1. The molecule has 1 aromatic carbocycles. The number of nitrogen functional groups attached to an aromatic ring is 1. The van der Waals surface area contributed by atoms with Crippen molar-refractivity contribution in [2.75, 3.05) is 12.3 Å². The zero-order valence-corrected chi connectivity index (χ0v) is 11.1. The Hall–Kier alpha value is -2.30. The summed E-state index contributed by atoms with van der Waals surface area (Å²) >= 11 is 0. The smallest absolute Gasteiger partial charge is 0.338 e. The van der Waals surface area contributed by atoms with Crippen molar-refractivity contribution >= 4 is 11.7 Å². The average molecular weight is 259 g/mol. The SMILES string of the molecule is Cc1ccc(N)cc1C(=O)OCCn1ccnc1C. The van der Waals surface area contributed by atoms with Gasteiger partial charge in [-0.25, -0.2) is 9.78 Å². The van der Waals surface area contributed by atoms with Crippen molar-refractivity contribution in [3.05, 3.63) is 47.5 Å². The molecule has 0 amide bonds. The number of hydrogen-bond acceptors (Lipinski definition) is 4. The van der Waals surface area contributed by atoms with E-state index in [0.717, 1.165) is 11.4 Å². The first-order valence-corrected chi connectivity index (χ1v) is 6.09. The molecule has 5 nitrogen and oxygen atoms in total. The van der Waals surface area contributed by atoms with Crippen molar-refractivity contribution in [1.82, 2.24) is 9.55 Å². The van der Waals surface area contributed by atoms with Gasteiger partial charge in [-0.1, -0.05) is 6.07 Å². The van der Waals surface area contributed by atoms with Crippen LogP contribution in [0.3, 0.4) is 0 Å². The molecule has 0 aliphatic rings. The molecule has 1 aromatic heterocycles. The molecule has 0 atom stereocenters. The summed E-state index contributed by atoms with van der Waals surface area (Å²) in [6.07, 6.45) is 3.58. The van der Waals surface area contributed by atoms with Gasteiger partial charge in [-0.2, -0.15) is 0 Å². The number of anilines is 1. The minimum Gasteiger partial charge on any atom is -0.460 e. The lowest BCUT2D eigenvalue weighted by molar-refractivity contribution is 0.0490. The molecule has 100 valence electrons. The maximum Gasteiger partial charge on any atom is 0.338 e. The topological polar surface area (TPSA) is 70.1 Å². The van der Waals surface area contributed by atoms with Crippen LogP contribution in [0.25, 0.3) is 0 Å². The second kappa shape index (κ2) is 5.56. The maximum absolute atomic E-state index is 11.9. The van der Waals surface area contributed by atoms with E-state index in [0.29, 0.717) is 24.4 Å². The molecule has 2 N–H and O–H groups in total. The Morgan fingerprint density at radius 2 is 2.21 bits per heavy atom. The lowest BCUT2D eigenvalue weighted by atomic mass is 10.1. The summed E-state index contributed by atoms with van der Waals surface area (Å²) in [6, 6.07) is 5.22. The van der Waals surface area contributed by atoms with Gasteiger partial charge in [0.25, 0.3) is 0 Å². The number of rotatable bonds is 4. The highest BCUT2D eigenvalue weighted by molar-refractivity contribution is 5.92. The van der Waals surface area contributed by atoms with E-state index in [1.807, 2.05) is 30.7 Å². The predicted octanol–water partition coefficient (Wildman–Crippen LogP) is 1.94. The quantitative estimate of drug-likeness (QED) is 0.673. The summed E-state index contributed by atoms with van der Waals surface area (Å²) in [4.78, 5) is 16.0. The van der Waals surface area contributed by atoms with Crippen molar-refractivity contribution in [2.24, 2.45) is 0 Å². The number of carbonyl (C=O) groups is 1. The van der Waals surface area contributed by atoms with Crippen LogP contribution in [-0.4, -0.2) is 22.1 Å². The van der Waals surface area contributed by atoms with Gasteiger partial charge in [0.05, 0.1) is 12.1 Å². The van der Waals surface area contributed by atoms with Gasteiger partial charge in [0.15, 0.2) is 0 Å². The highest BCUT2D eigenvalue weighted by Crippen LogP contribution is 2.13. The number of imidazole rings is 1. The fraction of sp³-hybridized carbons (Fsp3) is 0.286. The minimum atomic E-state index is -0.345. The summed E-state index contributed by atoms with van der Waals surface area (Å²) in [5.74, 6) is 0.554. The van der Waals surface area contributed by atoms with Gasteiger partial charge in [0, 0.05) is 18.1 Å². The van der Waals surface area contributed by atoms with E-state index in [9.17, 15) is 4.79 Å². The molecule has 0 aliphatic carbocycles. The van der Waals surface area contributed by atoms with Crippen LogP contribution < -0.4 is 5.73 Å². The Balaban J connectivity index is 1.94. The Bertz CT molecular complexity index is 590. The van der Waals surface area contributed by atoms with Gasteiger partial charge >= 0.3 is 5.97 Å². The summed E-state index contributed by atoms with van der Waals surface area (Å²) < 4.78 is 7.18. The van der Waals surface area contributed by atoms with Crippen LogP contribution in [0, 0.1) is 13.8 Å². The Morgan fingerprint density at radius 3 is 2.89 bits per heavy atom. The number of nitrogens with zero attached hydrogens (tertiary/aromatic N) is 2. The molecule has 0 fully saturated rings. The van der Waals surface area contributed by atoms with Crippen molar-refractivity contribution in [3.63, 3.8) is 0 Å². The summed E-state index contributed by atoms with van der Waals surface area (Å²) in [5, 5.41) is 0. The fourth-order valence-corrected chi connectivity index (χ4v) is 1.81. The molecule has 0 saturated carbocycles. The van der Waals surface area contributed by atoms with Gasteiger partial charge in [-0.3, -0.25) is 0 Å². The van der Waals surface area contributed by atoms with Gasteiger partial charge in [-0.15, -0.1) is 0 Å². The Morgan fingerprint density at radius 1 is 1.42 bits per heavy atom. The molecule has 0 spiro atoms. The summed E-state index contributed by atoms with van der Waals surface area (Å²) in [5.41, 5.74) is 7.60. The number of carbonyl (C=O) groups excluding carboxylic acids is 1. The normalized spacial score (nSPS) is 10.4. The molecule has 0 bridgehead atoms. The zero-order valence-electron chi connectivity index (χ0n) is 11.1. The molecule has 5 heteroatoms. The van der Waals surface area contributed by atoms with E-state index in [2.05, 4.69) is 4.98 Å². The maximum atomic E-state index is 11.9. The summed E-state index contributed by atoms with van der Waals surface area (Å²) in [6.45, 7) is 4.67. The molecule has 0 radical (unpaired) electrons. The lowest BCUT2D eigenvalue weighted by Gasteiger charge is -2.09. The van der Waals surface area contributed by atoms with Crippen molar-refractivity contribution in [1.29, 1.82) is 0 Å². The van der Waals surface area contributed by atoms with Crippen LogP contribution >= 0.6 is 0 Å². The first-order chi connectivity index (χ1) is 9.08. The van der Waals surface area contributed by atoms with Gasteiger partial charge in [-0.05, 0) is 31.5 Å². The first kappa shape index (κ1) is 13.1. The standard InChI is InChI=1S/C14H17N3O2/c1-10-3-4-12(15)9-13(10)14(18)19-8-7-17-6-5-16-11(17)2/h3-6,9H,7-8,15H2,1-2H3. The third-order valence-corrected chi connectivity index (χ3v) is 2.97. The molecule has 19 heavy (non-hydrogen) atoms. The number of nitrogens with two attached hydrogens (primary N) is 1. The van der Waals surface area contributed by atoms with E-state index in [-0.39, 0.29) is 5.97 Å². The van der Waals surface area contributed by atoms with Crippen LogP contribution in [0.15, 0.2) is 30.6 Å². The van der Waals surface area contributed by atoms with Crippen molar-refractivity contribution < 1.29 is 9.53 Å². The minimum absolute atomic E-state index is 0.310. The molecule has 0 saturated heterocycles. The Kier molecular flexibility index (Phi) is 3.85. The van der Waals surface area contributed by atoms with E-state index < -0.39 is 0 Å². The monoisotopic (exact) mass is 259 g/mol. The van der Waals surface area contributed by atoms with Crippen LogP contribution in [0.5, 0.6) is 0 Å². The van der Waals surface area contributed by atoms with E-state index in [1.54, 1.807) is 18.3 Å². The molecule has 0 aliphatic heterocycles. The molecule has 1 heterocycles. The van der Waals surface area contributed by atoms with Gasteiger partial charge < -0.3 is 15.0 Å². The van der Waals surface area contributed by atoms with Crippen LogP contribution in [-0.2, 0) is 11.3 Å². The highest BCUT2D eigenvalue weighted by Gasteiger charge is 2.10. The number of aromatic nitrogens is 2. The second-order valence-corrected chi connectivity index (χ2v) is 4.38. The molecular weight excluding hydrogens is 242 g/mol. The molecule has 0 unspecified atom stereocenters. The van der Waals surface area contributed by atoms with E-state index >= 15 is 0 Å². The average Bonchev–Trinajstić information content (AvgIpc) is 2.78. The zero-order chi connectivity index (χ0) is 13.8. The van der Waals surface area contributed by atoms with Gasteiger partial charge in [0.2, 0.25) is 0 Å². The predicted molar refractivity (Wildman–Crippen MR) is 72.8 cm³/mol. The van der Waals surface area contributed by atoms with Crippen LogP contribution in [0.2, 0.25) is 0 Å². The summed E-state index contributed by atoms with van der Waals surface area (Å²) in [7, 11) is 0. The lowest BCUT2D eigenvalue weighted by Crippen LogP contribution is -2.13. The van der Waals surface area contributed by atoms with Crippen molar-refractivity contribution in [2.45, 2.75) is 20.4 Å². The Labute approximate surface area is 112 Å².